The number of carboxylic acid groups (broad SMARTS) is 1. The van der Waals surface area contributed by atoms with Gasteiger partial charge in [0.25, 0.3) is 0 Å². The molecule has 90 valence electrons. The molecule has 0 aliphatic carbocycles. The summed E-state index contributed by atoms with van der Waals surface area (Å²) in [7, 11) is 0. The molecule has 1 aliphatic heterocycles. The van der Waals surface area contributed by atoms with Gasteiger partial charge < -0.3 is 14.7 Å². The first-order chi connectivity index (χ1) is 7.22. The molecule has 1 saturated heterocycles. The summed E-state index contributed by atoms with van der Waals surface area (Å²) in [5.74, 6) is -0.787. The molecule has 0 aromatic carbocycles. The Bertz CT molecular complexity index is 173. The van der Waals surface area contributed by atoms with Crippen molar-refractivity contribution in [3.63, 3.8) is 0 Å². The van der Waals surface area contributed by atoms with E-state index in [1.807, 2.05) is 13.8 Å². The number of likely N-dealkylation sites (N-methyl/N-ethyl adjacent to an activating group) is 1. The average molecular weight is 217 g/mol. The molecule has 1 N–H and O–H groups in total. The second-order valence-electron chi connectivity index (χ2n) is 3.32. The van der Waals surface area contributed by atoms with Crippen LogP contribution in [0.1, 0.15) is 33.6 Å². The van der Waals surface area contributed by atoms with E-state index in [-0.39, 0.29) is 12.5 Å². The first-order valence-electron chi connectivity index (χ1n) is 5.78. The minimum absolute atomic E-state index is 0.114. The summed E-state index contributed by atoms with van der Waals surface area (Å²) in [6.45, 7) is 9.56. The number of nitrogens with zero attached hydrogens (tertiary/aromatic N) is 1. The summed E-state index contributed by atoms with van der Waals surface area (Å²) in [5, 5.41) is 8.40. The Balaban J connectivity index is 0.000000921. The van der Waals surface area contributed by atoms with Crippen LogP contribution in [0.2, 0.25) is 0 Å². The van der Waals surface area contributed by atoms with Gasteiger partial charge in [0.1, 0.15) is 0 Å². The number of likely N-dealkylation sites (tertiary alicyclic amines) is 1. The maximum atomic E-state index is 10.2. The van der Waals surface area contributed by atoms with Crippen molar-refractivity contribution in [1.29, 1.82) is 0 Å². The smallest absolute Gasteiger partial charge is 0.305 e. The molecule has 0 bridgehead atoms. The molecule has 0 saturated carbocycles. The fourth-order valence-electron chi connectivity index (χ4n) is 1.53. The molecule has 15 heavy (non-hydrogen) atoms. The van der Waals surface area contributed by atoms with E-state index in [9.17, 15) is 4.79 Å². The summed E-state index contributed by atoms with van der Waals surface area (Å²) in [6, 6.07) is 0. The Morgan fingerprint density at radius 2 is 2.20 bits per heavy atom. The molecule has 0 spiro atoms. The molecule has 0 aromatic rings. The second kappa shape index (κ2) is 8.68. The van der Waals surface area contributed by atoms with Gasteiger partial charge >= 0.3 is 5.97 Å². The predicted molar refractivity (Wildman–Crippen MR) is 60.1 cm³/mol. The zero-order valence-corrected chi connectivity index (χ0v) is 10.0. The summed E-state index contributed by atoms with van der Waals surface area (Å²) >= 11 is 0. The van der Waals surface area contributed by atoms with Gasteiger partial charge in [0.2, 0.25) is 0 Å². The van der Waals surface area contributed by atoms with Crippen molar-refractivity contribution in [3.05, 3.63) is 0 Å². The molecule has 1 rings (SSSR count). The van der Waals surface area contributed by atoms with Crippen molar-refractivity contribution in [2.24, 2.45) is 0 Å². The maximum Gasteiger partial charge on any atom is 0.305 e. The molecule has 1 fully saturated rings. The Morgan fingerprint density at radius 3 is 2.67 bits per heavy atom. The minimum Gasteiger partial charge on any atom is -0.481 e. The van der Waals surface area contributed by atoms with Crippen LogP contribution in [0.25, 0.3) is 0 Å². The fourth-order valence-corrected chi connectivity index (χ4v) is 1.53. The van der Waals surface area contributed by atoms with Crippen LogP contribution in [0, 0.1) is 0 Å². The third-order valence-electron chi connectivity index (χ3n) is 2.35. The Morgan fingerprint density at radius 1 is 1.53 bits per heavy atom. The average Bonchev–Trinajstić information content (AvgIpc) is 2.68. The number of ether oxygens (including phenoxy) is 1. The lowest BCUT2D eigenvalue weighted by Crippen LogP contribution is -2.23. The number of carbonyl (C=O) groups is 1. The van der Waals surface area contributed by atoms with Crippen LogP contribution in [-0.2, 0) is 9.53 Å². The first-order valence-corrected chi connectivity index (χ1v) is 5.78. The Kier molecular flexibility index (Phi) is 8.33. The van der Waals surface area contributed by atoms with Gasteiger partial charge in [-0.1, -0.05) is 20.8 Å². The van der Waals surface area contributed by atoms with E-state index in [4.69, 9.17) is 9.84 Å². The number of aliphatic carboxylic acids is 1. The van der Waals surface area contributed by atoms with Gasteiger partial charge in [-0.25, -0.2) is 0 Å². The lowest BCUT2D eigenvalue weighted by Gasteiger charge is -2.13. The third-order valence-corrected chi connectivity index (χ3v) is 2.35. The van der Waals surface area contributed by atoms with Crippen molar-refractivity contribution in [3.8, 4) is 0 Å². The highest BCUT2D eigenvalue weighted by Gasteiger charge is 2.21. The predicted octanol–water partition coefficient (Wildman–Crippen LogP) is 1.60. The van der Waals surface area contributed by atoms with Crippen LogP contribution in [0.3, 0.4) is 0 Å². The highest BCUT2D eigenvalue weighted by molar-refractivity contribution is 5.66. The lowest BCUT2D eigenvalue weighted by molar-refractivity contribution is -0.138. The number of carboxylic acids is 1. The van der Waals surface area contributed by atoms with Gasteiger partial charge in [-0.15, -0.1) is 0 Å². The zero-order chi connectivity index (χ0) is 11.7. The molecule has 0 radical (unpaired) electrons. The highest BCUT2D eigenvalue weighted by atomic mass is 16.5. The van der Waals surface area contributed by atoms with Crippen molar-refractivity contribution in [2.45, 2.75) is 39.7 Å². The van der Waals surface area contributed by atoms with Gasteiger partial charge in [0.05, 0.1) is 19.1 Å². The van der Waals surface area contributed by atoms with E-state index in [0.717, 1.165) is 26.1 Å². The lowest BCUT2D eigenvalue weighted by atomic mass is 10.3. The van der Waals surface area contributed by atoms with E-state index in [1.165, 1.54) is 0 Å². The monoisotopic (exact) mass is 217 g/mol. The van der Waals surface area contributed by atoms with Gasteiger partial charge in [0, 0.05) is 13.1 Å². The maximum absolute atomic E-state index is 10.2. The van der Waals surface area contributed by atoms with E-state index < -0.39 is 5.97 Å². The van der Waals surface area contributed by atoms with Crippen LogP contribution in [0.15, 0.2) is 0 Å². The van der Waals surface area contributed by atoms with E-state index in [0.29, 0.717) is 6.61 Å². The van der Waals surface area contributed by atoms with Crippen LogP contribution in [0.4, 0.5) is 0 Å². The summed E-state index contributed by atoms with van der Waals surface area (Å²) in [4.78, 5) is 12.5. The summed E-state index contributed by atoms with van der Waals surface area (Å²) in [6.07, 6.45) is 1.40. The van der Waals surface area contributed by atoms with Crippen LogP contribution < -0.4 is 0 Å². The molecule has 4 nitrogen and oxygen atoms in total. The molecule has 0 aromatic heterocycles. The highest BCUT2D eigenvalue weighted by Crippen LogP contribution is 2.11. The normalized spacial score (nSPS) is 20.9. The third kappa shape index (κ3) is 6.47. The number of hydrogen-bond donors (Lipinski definition) is 1. The van der Waals surface area contributed by atoms with Crippen LogP contribution >= 0.6 is 0 Å². The molecular formula is C11H23NO3. The van der Waals surface area contributed by atoms with Crippen LogP contribution in [-0.4, -0.2) is 48.3 Å². The van der Waals surface area contributed by atoms with Crippen molar-refractivity contribution >= 4 is 5.97 Å². The van der Waals surface area contributed by atoms with Crippen LogP contribution in [0.5, 0.6) is 0 Å². The minimum atomic E-state index is -0.787. The van der Waals surface area contributed by atoms with Crippen molar-refractivity contribution in [2.75, 3.05) is 26.2 Å². The Labute approximate surface area is 92.2 Å². The fraction of sp³-hybridized carbons (Fsp3) is 0.909. The zero-order valence-electron chi connectivity index (χ0n) is 10.0. The summed E-state index contributed by atoms with van der Waals surface area (Å²) in [5.41, 5.74) is 0. The molecule has 1 heterocycles. The van der Waals surface area contributed by atoms with Crippen molar-refractivity contribution in [1.82, 2.24) is 4.90 Å². The molecule has 1 unspecified atom stereocenters. The standard InChI is InChI=1S/C9H17NO3.C2H6/c1-2-10-5-3-8(7-10)13-6-4-9(11)12;1-2/h8H,2-7H2,1H3,(H,11,12);1-2H3. The molecule has 0 amide bonds. The SMILES string of the molecule is CC.CCN1CCC(OCCC(=O)O)C1. The number of hydrogen-bond acceptors (Lipinski definition) is 3. The van der Waals surface area contributed by atoms with Crippen molar-refractivity contribution < 1.29 is 14.6 Å². The molecule has 4 heteroatoms. The van der Waals surface area contributed by atoms with E-state index in [2.05, 4.69) is 11.8 Å². The van der Waals surface area contributed by atoms with E-state index >= 15 is 0 Å². The van der Waals surface area contributed by atoms with Gasteiger partial charge in [-0.05, 0) is 13.0 Å². The van der Waals surface area contributed by atoms with E-state index in [1.54, 1.807) is 0 Å². The molecular weight excluding hydrogens is 194 g/mol. The number of rotatable bonds is 5. The largest absolute Gasteiger partial charge is 0.481 e. The van der Waals surface area contributed by atoms with Gasteiger partial charge in [0.15, 0.2) is 0 Å². The van der Waals surface area contributed by atoms with Gasteiger partial charge in [-0.2, -0.15) is 0 Å². The molecule has 1 aliphatic rings. The Hall–Kier alpha value is -0.610. The second-order valence-corrected chi connectivity index (χ2v) is 3.32. The quantitative estimate of drug-likeness (QED) is 0.760. The summed E-state index contributed by atoms with van der Waals surface area (Å²) < 4.78 is 5.42. The topological polar surface area (TPSA) is 49.8 Å². The first kappa shape index (κ1) is 14.4. The molecule has 1 atom stereocenters. The van der Waals surface area contributed by atoms with Gasteiger partial charge in [-0.3, -0.25) is 4.79 Å².